The smallest absolute Gasteiger partial charge is 0.131 e. The second kappa shape index (κ2) is 6.29. The van der Waals surface area contributed by atoms with Crippen LogP contribution in [0.5, 0.6) is 11.5 Å². The van der Waals surface area contributed by atoms with Gasteiger partial charge in [0.1, 0.15) is 11.5 Å². The largest absolute Gasteiger partial charge is 0.457 e. The van der Waals surface area contributed by atoms with Crippen LogP contribution < -0.4 is 10.1 Å². The molecule has 0 aliphatic carbocycles. The lowest BCUT2D eigenvalue weighted by molar-refractivity contribution is 0.475. The van der Waals surface area contributed by atoms with E-state index in [2.05, 4.69) is 51.6 Å². The van der Waals surface area contributed by atoms with Crippen LogP contribution in [0.3, 0.4) is 0 Å². The van der Waals surface area contributed by atoms with Crippen molar-refractivity contribution in [2.45, 2.75) is 6.54 Å². The number of halogens is 1. The summed E-state index contributed by atoms with van der Waals surface area (Å²) in [5, 5.41) is 5.52. The van der Waals surface area contributed by atoms with E-state index in [0.717, 1.165) is 28.1 Å². The molecule has 0 unspecified atom stereocenters. The maximum atomic E-state index is 6.05. The minimum Gasteiger partial charge on any atom is -0.457 e. The summed E-state index contributed by atoms with van der Waals surface area (Å²) < 4.78 is 7.13. The van der Waals surface area contributed by atoms with Crippen molar-refractivity contribution >= 4 is 26.7 Å². The van der Waals surface area contributed by atoms with Crippen LogP contribution in [0.4, 0.5) is 0 Å². The van der Waals surface area contributed by atoms with Crippen LogP contribution in [-0.4, -0.2) is 7.05 Å². The van der Waals surface area contributed by atoms with Gasteiger partial charge in [-0.3, -0.25) is 0 Å². The van der Waals surface area contributed by atoms with Gasteiger partial charge in [-0.25, -0.2) is 0 Å². The van der Waals surface area contributed by atoms with Gasteiger partial charge in [0.15, 0.2) is 0 Å². The molecule has 2 nitrogen and oxygen atoms in total. The van der Waals surface area contributed by atoms with Crippen molar-refractivity contribution in [2.75, 3.05) is 7.05 Å². The summed E-state index contributed by atoms with van der Waals surface area (Å²) in [5.41, 5.74) is 1.15. The van der Waals surface area contributed by atoms with Crippen molar-refractivity contribution in [2.24, 2.45) is 0 Å². The molecule has 0 spiro atoms. The number of hydrogen-bond acceptors (Lipinski definition) is 2. The summed E-state index contributed by atoms with van der Waals surface area (Å²) in [6, 6.07) is 20.5. The Bertz CT molecular complexity index is 770. The van der Waals surface area contributed by atoms with Crippen molar-refractivity contribution in [1.29, 1.82) is 0 Å². The molecule has 0 aliphatic heterocycles. The van der Waals surface area contributed by atoms with Crippen LogP contribution in [0.15, 0.2) is 65.1 Å². The zero-order valence-corrected chi connectivity index (χ0v) is 13.4. The summed E-state index contributed by atoms with van der Waals surface area (Å²) in [4.78, 5) is 0. The summed E-state index contributed by atoms with van der Waals surface area (Å²) >= 11 is 3.49. The molecule has 3 heteroatoms. The average Bonchev–Trinajstić information content (AvgIpc) is 2.50. The molecule has 21 heavy (non-hydrogen) atoms. The van der Waals surface area contributed by atoms with Gasteiger partial charge in [0, 0.05) is 16.6 Å². The number of ether oxygens (including phenoxy) is 1. The van der Waals surface area contributed by atoms with E-state index in [1.165, 1.54) is 10.8 Å². The molecule has 0 aliphatic rings. The van der Waals surface area contributed by atoms with Gasteiger partial charge >= 0.3 is 0 Å². The monoisotopic (exact) mass is 341 g/mol. The van der Waals surface area contributed by atoms with Gasteiger partial charge in [0.05, 0.1) is 0 Å². The molecule has 0 atom stereocenters. The Kier molecular flexibility index (Phi) is 4.23. The van der Waals surface area contributed by atoms with Gasteiger partial charge in [-0.15, -0.1) is 0 Å². The molecule has 0 saturated carbocycles. The third-order valence-corrected chi connectivity index (χ3v) is 3.83. The first kappa shape index (κ1) is 14.1. The Morgan fingerprint density at radius 3 is 2.57 bits per heavy atom. The summed E-state index contributed by atoms with van der Waals surface area (Å²) in [6.07, 6.45) is 0. The van der Waals surface area contributed by atoms with E-state index in [4.69, 9.17) is 4.74 Å². The minimum atomic E-state index is 0.788. The van der Waals surface area contributed by atoms with E-state index in [0.29, 0.717) is 0 Å². The number of rotatable bonds is 4. The summed E-state index contributed by atoms with van der Waals surface area (Å²) in [6.45, 7) is 0.788. The van der Waals surface area contributed by atoms with Crippen LogP contribution in [0.2, 0.25) is 0 Å². The molecule has 3 aromatic rings. The number of hydrogen-bond donors (Lipinski definition) is 1. The molecular weight excluding hydrogens is 326 g/mol. The number of para-hydroxylation sites is 1. The van der Waals surface area contributed by atoms with Gasteiger partial charge in [-0.2, -0.15) is 0 Å². The van der Waals surface area contributed by atoms with Crippen molar-refractivity contribution in [3.05, 3.63) is 70.7 Å². The molecule has 0 radical (unpaired) electrons. The first-order valence-corrected chi connectivity index (χ1v) is 7.65. The van der Waals surface area contributed by atoms with E-state index < -0.39 is 0 Å². The van der Waals surface area contributed by atoms with Crippen LogP contribution in [-0.2, 0) is 6.54 Å². The van der Waals surface area contributed by atoms with Crippen LogP contribution in [0.1, 0.15) is 5.56 Å². The minimum absolute atomic E-state index is 0.788. The molecule has 0 fully saturated rings. The first-order valence-electron chi connectivity index (χ1n) is 6.86. The van der Waals surface area contributed by atoms with Gasteiger partial charge in [0.2, 0.25) is 0 Å². The fourth-order valence-corrected chi connectivity index (χ4v) is 2.70. The molecular formula is C18H16BrNO. The second-order valence-corrected chi connectivity index (χ2v) is 5.81. The van der Waals surface area contributed by atoms with E-state index in [1.54, 1.807) is 0 Å². The highest BCUT2D eigenvalue weighted by molar-refractivity contribution is 9.10. The predicted octanol–water partition coefficient (Wildman–Crippen LogP) is 5.11. The average molecular weight is 342 g/mol. The van der Waals surface area contributed by atoms with Crippen LogP contribution in [0, 0.1) is 0 Å². The lowest BCUT2D eigenvalue weighted by Gasteiger charge is -2.11. The number of nitrogens with one attached hydrogen (secondary N) is 1. The van der Waals surface area contributed by atoms with Crippen molar-refractivity contribution in [1.82, 2.24) is 5.32 Å². The van der Waals surface area contributed by atoms with E-state index >= 15 is 0 Å². The lowest BCUT2D eigenvalue weighted by Crippen LogP contribution is -2.06. The summed E-state index contributed by atoms with van der Waals surface area (Å²) in [7, 11) is 1.94. The fraction of sp³-hybridized carbons (Fsp3) is 0.111. The van der Waals surface area contributed by atoms with Crippen molar-refractivity contribution in [3.63, 3.8) is 0 Å². The Morgan fingerprint density at radius 2 is 1.71 bits per heavy atom. The van der Waals surface area contributed by atoms with E-state index in [1.807, 2.05) is 37.4 Å². The highest BCUT2D eigenvalue weighted by Gasteiger charge is 2.04. The van der Waals surface area contributed by atoms with Crippen LogP contribution >= 0.6 is 15.9 Å². The van der Waals surface area contributed by atoms with Gasteiger partial charge < -0.3 is 10.1 Å². The zero-order chi connectivity index (χ0) is 14.7. The third-order valence-electron chi connectivity index (χ3n) is 3.34. The molecule has 106 valence electrons. The molecule has 0 aromatic heterocycles. The van der Waals surface area contributed by atoms with E-state index in [9.17, 15) is 0 Å². The van der Waals surface area contributed by atoms with Crippen LogP contribution in [0.25, 0.3) is 10.8 Å². The molecule has 1 N–H and O–H groups in total. The molecule has 0 amide bonds. The Hall–Kier alpha value is -1.84. The Balaban J connectivity index is 1.93. The van der Waals surface area contributed by atoms with Gasteiger partial charge in [0.25, 0.3) is 0 Å². The maximum absolute atomic E-state index is 6.05. The molecule has 0 saturated heterocycles. The van der Waals surface area contributed by atoms with Crippen molar-refractivity contribution in [3.8, 4) is 11.5 Å². The molecule has 0 bridgehead atoms. The molecule has 3 rings (SSSR count). The predicted molar refractivity (Wildman–Crippen MR) is 90.9 cm³/mol. The Labute approximate surface area is 132 Å². The highest BCUT2D eigenvalue weighted by atomic mass is 79.9. The Morgan fingerprint density at radius 1 is 0.952 bits per heavy atom. The first-order chi connectivity index (χ1) is 10.3. The maximum Gasteiger partial charge on any atom is 0.131 e. The SMILES string of the molecule is CNCc1ccccc1Oc1ccc2cc(Br)ccc2c1. The third kappa shape index (κ3) is 3.26. The number of benzene rings is 3. The topological polar surface area (TPSA) is 21.3 Å². The number of fused-ring (bicyclic) bond motifs is 1. The molecule has 3 aromatic carbocycles. The molecule has 0 heterocycles. The fourth-order valence-electron chi connectivity index (χ4n) is 2.33. The standard InChI is InChI=1S/C18H16BrNO/c1-20-12-15-4-2-3-5-18(15)21-17-9-7-13-10-16(19)8-6-14(13)11-17/h2-11,20H,12H2,1H3. The zero-order valence-electron chi connectivity index (χ0n) is 11.8. The van der Waals surface area contributed by atoms with Gasteiger partial charge in [-0.1, -0.05) is 46.3 Å². The quantitative estimate of drug-likeness (QED) is 0.711. The lowest BCUT2D eigenvalue weighted by atomic mass is 10.1. The second-order valence-electron chi connectivity index (χ2n) is 4.89. The highest BCUT2D eigenvalue weighted by Crippen LogP contribution is 2.29. The van der Waals surface area contributed by atoms with E-state index in [-0.39, 0.29) is 0 Å². The summed E-state index contributed by atoms with van der Waals surface area (Å²) in [5.74, 6) is 1.75. The van der Waals surface area contributed by atoms with Crippen molar-refractivity contribution < 1.29 is 4.74 Å². The normalized spacial score (nSPS) is 10.8. The van der Waals surface area contributed by atoms with Gasteiger partial charge in [-0.05, 0) is 48.2 Å².